The van der Waals surface area contributed by atoms with Gasteiger partial charge >= 0.3 is 0 Å². The van der Waals surface area contributed by atoms with Crippen LogP contribution in [0.2, 0.25) is 10.0 Å². The standard InChI is InChI=1S/C13H9Cl2NOS/c14-10-2-3-12(11(15)7-10)16-13(17)4-1-9-5-6-18-8-9/h1-8H,(H,16,17)/b4-1+. The van der Waals surface area contributed by atoms with E-state index >= 15 is 0 Å². The number of halogens is 2. The summed E-state index contributed by atoms with van der Waals surface area (Å²) in [5.41, 5.74) is 1.54. The van der Waals surface area contributed by atoms with Gasteiger partial charge in [-0.3, -0.25) is 4.79 Å². The Bertz CT molecular complexity index is 579. The molecule has 1 heterocycles. The molecule has 0 radical (unpaired) electrons. The van der Waals surface area contributed by atoms with Crippen molar-refractivity contribution in [1.29, 1.82) is 0 Å². The molecule has 0 aliphatic rings. The van der Waals surface area contributed by atoms with E-state index in [-0.39, 0.29) is 5.91 Å². The predicted octanol–water partition coefficient (Wildman–Crippen LogP) is 4.71. The van der Waals surface area contributed by atoms with Gasteiger partial charge in [-0.1, -0.05) is 23.2 Å². The lowest BCUT2D eigenvalue weighted by atomic mass is 10.3. The van der Waals surface area contributed by atoms with Crippen LogP contribution in [0.25, 0.3) is 6.08 Å². The molecule has 92 valence electrons. The van der Waals surface area contributed by atoms with Gasteiger partial charge in [-0.15, -0.1) is 0 Å². The zero-order valence-corrected chi connectivity index (χ0v) is 11.5. The lowest BCUT2D eigenvalue weighted by Gasteiger charge is -2.04. The Hall–Kier alpha value is -1.29. The molecule has 0 spiro atoms. The van der Waals surface area contributed by atoms with E-state index in [1.54, 1.807) is 35.6 Å². The normalized spacial score (nSPS) is 10.8. The number of hydrogen-bond donors (Lipinski definition) is 1. The van der Waals surface area contributed by atoms with E-state index in [1.807, 2.05) is 16.8 Å². The number of rotatable bonds is 3. The monoisotopic (exact) mass is 297 g/mol. The number of carbonyl (C=O) groups is 1. The fourth-order valence-electron chi connectivity index (χ4n) is 1.31. The van der Waals surface area contributed by atoms with Crippen molar-refractivity contribution in [1.82, 2.24) is 0 Å². The van der Waals surface area contributed by atoms with Gasteiger partial charge in [-0.05, 0) is 46.7 Å². The minimum absolute atomic E-state index is 0.231. The number of hydrogen-bond acceptors (Lipinski definition) is 2. The molecule has 1 aromatic heterocycles. The Morgan fingerprint density at radius 1 is 1.28 bits per heavy atom. The number of carbonyl (C=O) groups excluding carboxylic acids is 1. The summed E-state index contributed by atoms with van der Waals surface area (Å²) in [6.07, 6.45) is 3.21. The molecule has 1 aromatic carbocycles. The third kappa shape index (κ3) is 3.60. The molecule has 2 nitrogen and oxygen atoms in total. The summed E-state index contributed by atoms with van der Waals surface area (Å²) in [7, 11) is 0. The molecule has 0 bridgehead atoms. The van der Waals surface area contributed by atoms with Crippen LogP contribution < -0.4 is 5.32 Å². The van der Waals surface area contributed by atoms with E-state index in [2.05, 4.69) is 5.32 Å². The van der Waals surface area contributed by atoms with Gasteiger partial charge in [0.25, 0.3) is 0 Å². The highest BCUT2D eigenvalue weighted by atomic mass is 35.5. The van der Waals surface area contributed by atoms with Crippen LogP contribution in [0.5, 0.6) is 0 Å². The Balaban J connectivity index is 2.03. The van der Waals surface area contributed by atoms with Gasteiger partial charge in [0.15, 0.2) is 0 Å². The van der Waals surface area contributed by atoms with Crippen LogP contribution in [0, 0.1) is 0 Å². The lowest BCUT2D eigenvalue weighted by molar-refractivity contribution is -0.111. The minimum atomic E-state index is -0.231. The highest BCUT2D eigenvalue weighted by Gasteiger charge is 2.03. The van der Waals surface area contributed by atoms with Gasteiger partial charge in [-0.2, -0.15) is 11.3 Å². The fraction of sp³-hybridized carbons (Fsp3) is 0. The van der Waals surface area contributed by atoms with Crippen LogP contribution in [-0.2, 0) is 4.79 Å². The molecule has 18 heavy (non-hydrogen) atoms. The maximum absolute atomic E-state index is 11.7. The average molecular weight is 298 g/mol. The molecule has 0 saturated carbocycles. The molecule has 1 amide bonds. The largest absolute Gasteiger partial charge is 0.321 e. The van der Waals surface area contributed by atoms with Crippen molar-refractivity contribution in [3.63, 3.8) is 0 Å². The van der Waals surface area contributed by atoms with Crippen LogP contribution in [-0.4, -0.2) is 5.91 Å². The average Bonchev–Trinajstić information content (AvgIpc) is 2.83. The highest BCUT2D eigenvalue weighted by Crippen LogP contribution is 2.25. The molecule has 0 fully saturated rings. The van der Waals surface area contributed by atoms with Crippen molar-refractivity contribution in [3.8, 4) is 0 Å². The number of benzene rings is 1. The van der Waals surface area contributed by atoms with Crippen molar-refractivity contribution >= 4 is 52.2 Å². The van der Waals surface area contributed by atoms with Crippen LogP contribution in [0.3, 0.4) is 0 Å². The predicted molar refractivity (Wildman–Crippen MR) is 78.4 cm³/mol. The maximum Gasteiger partial charge on any atom is 0.248 e. The first-order valence-corrected chi connectivity index (χ1v) is 6.81. The van der Waals surface area contributed by atoms with Crippen LogP contribution >= 0.6 is 34.5 Å². The molecule has 0 atom stereocenters. The Morgan fingerprint density at radius 2 is 2.11 bits per heavy atom. The summed E-state index contributed by atoms with van der Waals surface area (Å²) in [6, 6.07) is 6.86. The van der Waals surface area contributed by atoms with Crippen molar-refractivity contribution in [3.05, 3.63) is 56.7 Å². The Labute approximate surface area is 119 Å². The topological polar surface area (TPSA) is 29.1 Å². The second kappa shape index (κ2) is 6.05. The third-order valence-corrected chi connectivity index (χ3v) is 3.41. The summed E-state index contributed by atoms with van der Waals surface area (Å²) in [6.45, 7) is 0. The van der Waals surface area contributed by atoms with E-state index in [9.17, 15) is 4.79 Å². The van der Waals surface area contributed by atoms with Crippen LogP contribution in [0.4, 0.5) is 5.69 Å². The number of nitrogens with one attached hydrogen (secondary N) is 1. The zero-order valence-electron chi connectivity index (χ0n) is 9.19. The van der Waals surface area contributed by atoms with Gasteiger partial charge in [0.05, 0.1) is 10.7 Å². The Morgan fingerprint density at radius 3 is 2.78 bits per heavy atom. The molecule has 0 saturated heterocycles. The van der Waals surface area contributed by atoms with Gasteiger partial charge in [-0.25, -0.2) is 0 Å². The summed E-state index contributed by atoms with van der Waals surface area (Å²) in [5.74, 6) is -0.231. The first-order valence-electron chi connectivity index (χ1n) is 5.11. The van der Waals surface area contributed by atoms with Crippen LogP contribution in [0.1, 0.15) is 5.56 Å². The highest BCUT2D eigenvalue weighted by molar-refractivity contribution is 7.08. The molecule has 2 rings (SSSR count). The lowest BCUT2D eigenvalue weighted by Crippen LogP contribution is -2.07. The van der Waals surface area contributed by atoms with E-state index in [0.717, 1.165) is 5.56 Å². The van der Waals surface area contributed by atoms with Crippen molar-refractivity contribution < 1.29 is 4.79 Å². The van der Waals surface area contributed by atoms with Crippen molar-refractivity contribution in [2.24, 2.45) is 0 Å². The van der Waals surface area contributed by atoms with E-state index < -0.39 is 0 Å². The molecule has 1 N–H and O–H groups in total. The quantitative estimate of drug-likeness (QED) is 0.817. The van der Waals surface area contributed by atoms with E-state index in [4.69, 9.17) is 23.2 Å². The summed E-state index contributed by atoms with van der Waals surface area (Å²) < 4.78 is 0. The molecule has 5 heteroatoms. The molecule has 2 aromatic rings. The van der Waals surface area contributed by atoms with Gasteiger partial charge in [0.1, 0.15) is 0 Å². The second-order valence-electron chi connectivity index (χ2n) is 3.50. The SMILES string of the molecule is O=C(/C=C/c1ccsc1)Nc1ccc(Cl)cc1Cl. The number of amides is 1. The zero-order chi connectivity index (χ0) is 13.0. The molecule has 0 aliphatic heterocycles. The third-order valence-electron chi connectivity index (χ3n) is 2.16. The van der Waals surface area contributed by atoms with E-state index in [0.29, 0.717) is 15.7 Å². The number of thiophene rings is 1. The van der Waals surface area contributed by atoms with Crippen molar-refractivity contribution in [2.45, 2.75) is 0 Å². The Kier molecular flexibility index (Phi) is 4.42. The minimum Gasteiger partial charge on any atom is -0.321 e. The molecule has 0 aliphatic carbocycles. The first-order chi connectivity index (χ1) is 8.65. The summed E-state index contributed by atoms with van der Waals surface area (Å²) >= 11 is 13.3. The van der Waals surface area contributed by atoms with Gasteiger partial charge in [0.2, 0.25) is 5.91 Å². The maximum atomic E-state index is 11.7. The second-order valence-corrected chi connectivity index (χ2v) is 5.13. The summed E-state index contributed by atoms with van der Waals surface area (Å²) in [4.78, 5) is 11.7. The first kappa shape index (κ1) is 13.1. The molecular formula is C13H9Cl2NOS. The summed E-state index contributed by atoms with van der Waals surface area (Å²) in [5, 5.41) is 7.55. The van der Waals surface area contributed by atoms with Crippen LogP contribution in [0.15, 0.2) is 41.1 Å². The van der Waals surface area contributed by atoms with E-state index in [1.165, 1.54) is 6.08 Å². The number of anilines is 1. The molecular weight excluding hydrogens is 289 g/mol. The van der Waals surface area contributed by atoms with Gasteiger partial charge in [0, 0.05) is 11.1 Å². The molecule has 0 unspecified atom stereocenters. The fourth-order valence-corrected chi connectivity index (χ4v) is 2.39. The van der Waals surface area contributed by atoms with Gasteiger partial charge < -0.3 is 5.32 Å². The van der Waals surface area contributed by atoms with Crippen molar-refractivity contribution in [2.75, 3.05) is 5.32 Å². The smallest absolute Gasteiger partial charge is 0.248 e.